The number of hydrogen-bond acceptors (Lipinski definition) is 4. The predicted molar refractivity (Wildman–Crippen MR) is 73.0 cm³/mol. The number of carbonyl (C=O) groups excluding carboxylic acids is 1. The molecule has 1 aromatic carbocycles. The number of ether oxygens (including phenoxy) is 1. The van der Waals surface area contributed by atoms with E-state index >= 15 is 0 Å². The summed E-state index contributed by atoms with van der Waals surface area (Å²) in [6, 6.07) is 2.66. The van der Waals surface area contributed by atoms with E-state index < -0.39 is 23.6 Å². The van der Waals surface area contributed by atoms with Gasteiger partial charge in [0.1, 0.15) is 17.7 Å². The molecule has 0 aromatic heterocycles. The Hall–Kier alpha value is -2.04. The normalized spacial score (nSPS) is 21.8. The smallest absolute Gasteiger partial charge is 0.255 e. The first-order chi connectivity index (χ1) is 10.6. The summed E-state index contributed by atoms with van der Waals surface area (Å²) in [4.78, 5) is 15.8. The molecule has 5 nitrogen and oxygen atoms in total. The van der Waals surface area contributed by atoms with Crippen LogP contribution in [0.3, 0.4) is 0 Å². The van der Waals surface area contributed by atoms with Crippen molar-refractivity contribution in [3.63, 3.8) is 0 Å². The number of rotatable bonds is 3. The Bertz CT molecular complexity index is 638. The molecule has 0 bridgehead atoms. The Labute approximate surface area is 126 Å². The molecule has 0 saturated carbocycles. The van der Waals surface area contributed by atoms with Gasteiger partial charge < -0.3 is 9.64 Å². The SMILES string of the molecule is N#CC1c2c(F)cc(F)cc2C(=O)N1CCN1CCOCC1. The molecule has 2 aliphatic heterocycles. The van der Waals surface area contributed by atoms with Crippen molar-refractivity contribution in [1.82, 2.24) is 9.80 Å². The van der Waals surface area contributed by atoms with E-state index in [0.717, 1.165) is 19.2 Å². The second-order valence-corrected chi connectivity index (χ2v) is 5.33. The highest BCUT2D eigenvalue weighted by Gasteiger charge is 2.39. The fourth-order valence-electron chi connectivity index (χ4n) is 2.91. The van der Waals surface area contributed by atoms with Gasteiger partial charge in [-0.3, -0.25) is 9.69 Å². The molecule has 1 amide bonds. The summed E-state index contributed by atoms with van der Waals surface area (Å²) >= 11 is 0. The number of nitriles is 1. The van der Waals surface area contributed by atoms with Gasteiger partial charge in [0.15, 0.2) is 0 Å². The van der Waals surface area contributed by atoms with E-state index in [4.69, 9.17) is 4.74 Å². The molecule has 0 radical (unpaired) electrons. The van der Waals surface area contributed by atoms with Crippen molar-refractivity contribution in [3.05, 3.63) is 34.9 Å². The second-order valence-electron chi connectivity index (χ2n) is 5.33. The van der Waals surface area contributed by atoms with Crippen LogP contribution in [0.4, 0.5) is 8.78 Å². The first kappa shape index (κ1) is 14.9. The Morgan fingerprint density at radius 1 is 1.27 bits per heavy atom. The van der Waals surface area contributed by atoms with Crippen LogP contribution in [0.5, 0.6) is 0 Å². The van der Waals surface area contributed by atoms with Crippen molar-refractivity contribution in [2.75, 3.05) is 39.4 Å². The lowest BCUT2D eigenvalue weighted by Gasteiger charge is -2.29. The van der Waals surface area contributed by atoms with Crippen molar-refractivity contribution in [3.8, 4) is 6.07 Å². The van der Waals surface area contributed by atoms with Crippen molar-refractivity contribution in [2.45, 2.75) is 6.04 Å². The average molecular weight is 307 g/mol. The van der Waals surface area contributed by atoms with Crippen LogP contribution in [0.2, 0.25) is 0 Å². The molecule has 1 aromatic rings. The van der Waals surface area contributed by atoms with Crippen LogP contribution in [0.25, 0.3) is 0 Å². The van der Waals surface area contributed by atoms with Crippen molar-refractivity contribution >= 4 is 5.91 Å². The number of halogens is 2. The molecule has 0 N–H and O–H groups in total. The average Bonchev–Trinajstić information content (AvgIpc) is 2.78. The Balaban J connectivity index is 1.79. The summed E-state index contributed by atoms with van der Waals surface area (Å²) in [7, 11) is 0. The van der Waals surface area contributed by atoms with Gasteiger partial charge in [-0.1, -0.05) is 0 Å². The number of fused-ring (bicyclic) bond motifs is 1. The lowest BCUT2D eigenvalue weighted by atomic mass is 10.0. The van der Waals surface area contributed by atoms with Crippen LogP contribution in [0, 0.1) is 23.0 Å². The van der Waals surface area contributed by atoms with Crippen LogP contribution in [-0.2, 0) is 4.74 Å². The van der Waals surface area contributed by atoms with Gasteiger partial charge in [-0.05, 0) is 6.07 Å². The molecule has 1 saturated heterocycles. The Kier molecular flexibility index (Phi) is 4.05. The third-order valence-corrected chi connectivity index (χ3v) is 4.05. The first-order valence-corrected chi connectivity index (χ1v) is 7.11. The molecule has 0 aliphatic carbocycles. The van der Waals surface area contributed by atoms with Gasteiger partial charge in [-0.2, -0.15) is 5.26 Å². The minimum Gasteiger partial charge on any atom is -0.379 e. The molecule has 0 spiro atoms. The summed E-state index contributed by atoms with van der Waals surface area (Å²) < 4.78 is 32.5. The van der Waals surface area contributed by atoms with Gasteiger partial charge >= 0.3 is 0 Å². The highest BCUT2D eigenvalue weighted by molar-refractivity contribution is 5.99. The molecule has 1 unspecified atom stereocenters. The number of benzene rings is 1. The highest BCUT2D eigenvalue weighted by Crippen LogP contribution is 2.35. The zero-order chi connectivity index (χ0) is 15.7. The molecule has 7 heteroatoms. The highest BCUT2D eigenvalue weighted by atomic mass is 19.1. The van der Waals surface area contributed by atoms with E-state index in [2.05, 4.69) is 4.90 Å². The van der Waals surface area contributed by atoms with E-state index in [1.165, 1.54) is 4.90 Å². The minimum absolute atomic E-state index is 0.0177. The number of nitrogens with zero attached hydrogens (tertiary/aromatic N) is 3. The first-order valence-electron chi connectivity index (χ1n) is 7.11. The lowest BCUT2D eigenvalue weighted by molar-refractivity contribution is 0.0319. The Morgan fingerprint density at radius 2 is 2.00 bits per heavy atom. The topological polar surface area (TPSA) is 56.6 Å². The van der Waals surface area contributed by atoms with Gasteiger partial charge in [0.2, 0.25) is 0 Å². The summed E-state index contributed by atoms with van der Waals surface area (Å²) in [5.41, 5.74) is -0.0677. The summed E-state index contributed by atoms with van der Waals surface area (Å²) in [5, 5.41) is 9.29. The fraction of sp³-hybridized carbons (Fsp3) is 0.467. The number of amides is 1. The van der Waals surface area contributed by atoms with Crippen LogP contribution in [-0.4, -0.2) is 55.1 Å². The third kappa shape index (κ3) is 2.56. The molecule has 3 rings (SSSR count). The largest absolute Gasteiger partial charge is 0.379 e. The molecule has 1 fully saturated rings. The fourth-order valence-corrected chi connectivity index (χ4v) is 2.91. The van der Waals surface area contributed by atoms with E-state index in [1.807, 2.05) is 6.07 Å². The van der Waals surface area contributed by atoms with Crippen LogP contribution in [0.15, 0.2) is 12.1 Å². The number of hydrogen-bond donors (Lipinski definition) is 0. The quantitative estimate of drug-likeness (QED) is 0.845. The van der Waals surface area contributed by atoms with E-state index in [1.54, 1.807) is 0 Å². The standard InChI is InChI=1S/C15H15F2N3O2/c16-10-7-11-14(12(17)8-10)13(9-18)20(15(11)21)2-1-19-3-5-22-6-4-19/h7-8,13H,1-6H2. The lowest BCUT2D eigenvalue weighted by Crippen LogP contribution is -2.42. The summed E-state index contributed by atoms with van der Waals surface area (Å²) in [5.74, 6) is -2.15. The molecule has 2 heterocycles. The van der Waals surface area contributed by atoms with Crippen LogP contribution < -0.4 is 0 Å². The van der Waals surface area contributed by atoms with Crippen LogP contribution >= 0.6 is 0 Å². The van der Waals surface area contributed by atoms with Crippen molar-refractivity contribution in [2.24, 2.45) is 0 Å². The maximum atomic E-state index is 13.9. The predicted octanol–water partition coefficient (Wildman–Crippen LogP) is 1.32. The van der Waals surface area contributed by atoms with Gasteiger partial charge in [-0.15, -0.1) is 0 Å². The maximum Gasteiger partial charge on any atom is 0.255 e. The zero-order valence-corrected chi connectivity index (χ0v) is 11.9. The Morgan fingerprint density at radius 3 is 2.68 bits per heavy atom. The molecule has 2 aliphatic rings. The zero-order valence-electron chi connectivity index (χ0n) is 11.9. The summed E-state index contributed by atoms with van der Waals surface area (Å²) in [6.45, 7) is 3.66. The van der Waals surface area contributed by atoms with E-state index in [9.17, 15) is 18.8 Å². The van der Waals surface area contributed by atoms with E-state index in [0.29, 0.717) is 32.4 Å². The van der Waals surface area contributed by atoms with Gasteiger partial charge in [0, 0.05) is 37.8 Å². The minimum atomic E-state index is -0.996. The van der Waals surface area contributed by atoms with Gasteiger partial charge in [-0.25, -0.2) is 8.78 Å². The third-order valence-electron chi connectivity index (χ3n) is 4.05. The van der Waals surface area contributed by atoms with E-state index in [-0.39, 0.29) is 11.1 Å². The van der Waals surface area contributed by atoms with Crippen LogP contribution in [0.1, 0.15) is 22.0 Å². The second kappa shape index (κ2) is 5.99. The molecular weight excluding hydrogens is 292 g/mol. The van der Waals surface area contributed by atoms with Crippen molar-refractivity contribution < 1.29 is 18.3 Å². The molecule has 22 heavy (non-hydrogen) atoms. The molecular formula is C15H15F2N3O2. The monoisotopic (exact) mass is 307 g/mol. The number of carbonyl (C=O) groups is 1. The molecule has 116 valence electrons. The van der Waals surface area contributed by atoms with Crippen molar-refractivity contribution in [1.29, 1.82) is 5.26 Å². The maximum absolute atomic E-state index is 13.9. The summed E-state index contributed by atoms with van der Waals surface area (Å²) in [6.07, 6.45) is 0. The van der Waals surface area contributed by atoms with Gasteiger partial charge in [0.05, 0.1) is 24.8 Å². The van der Waals surface area contributed by atoms with Gasteiger partial charge in [0.25, 0.3) is 5.91 Å². The molecule has 1 atom stereocenters. The number of morpholine rings is 1.